The minimum atomic E-state index is -0.317. The average Bonchev–Trinajstić information content (AvgIpc) is 2.80. The number of piperidine rings is 1. The van der Waals surface area contributed by atoms with Crippen molar-refractivity contribution in [3.8, 4) is 0 Å². The molecule has 2 heterocycles. The van der Waals surface area contributed by atoms with Crippen LogP contribution in [0.15, 0.2) is 59.5 Å². The summed E-state index contributed by atoms with van der Waals surface area (Å²) >= 11 is 0. The third kappa shape index (κ3) is 4.79. The molecule has 31 heavy (non-hydrogen) atoms. The summed E-state index contributed by atoms with van der Waals surface area (Å²) in [7, 11) is 0. The number of carbonyl (C=O) groups is 2. The Kier molecular flexibility index (Phi) is 6.06. The number of halogens is 1. The van der Waals surface area contributed by atoms with Gasteiger partial charge in [0, 0.05) is 25.6 Å². The van der Waals surface area contributed by atoms with E-state index in [1.165, 1.54) is 22.9 Å². The summed E-state index contributed by atoms with van der Waals surface area (Å²) in [6.45, 7) is 1.22. The van der Waals surface area contributed by atoms with Gasteiger partial charge in [0.2, 0.25) is 11.8 Å². The Morgan fingerprint density at radius 1 is 1.06 bits per heavy atom. The second kappa shape index (κ2) is 9.07. The Bertz CT molecular complexity index is 1150. The topological polar surface area (TPSA) is 84.3 Å². The van der Waals surface area contributed by atoms with Gasteiger partial charge in [0.1, 0.15) is 12.4 Å². The number of amides is 2. The summed E-state index contributed by atoms with van der Waals surface area (Å²) in [5, 5.41) is 2.88. The molecule has 1 aliphatic rings. The first-order valence-corrected chi connectivity index (χ1v) is 10.3. The van der Waals surface area contributed by atoms with Crippen LogP contribution in [-0.4, -0.2) is 39.4 Å². The maximum Gasteiger partial charge on any atom is 0.269 e. The molecule has 7 nitrogen and oxygen atoms in total. The molecule has 0 spiro atoms. The van der Waals surface area contributed by atoms with Crippen molar-refractivity contribution in [2.24, 2.45) is 5.92 Å². The molecule has 1 aromatic heterocycles. The van der Waals surface area contributed by atoms with Crippen LogP contribution in [0, 0.1) is 11.7 Å². The van der Waals surface area contributed by atoms with Gasteiger partial charge < -0.3 is 10.2 Å². The number of hydrogen-bond donors (Lipinski definition) is 1. The van der Waals surface area contributed by atoms with Gasteiger partial charge in [0.25, 0.3) is 5.56 Å². The van der Waals surface area contributed by atoms with E-state index >= 15 is 0 Å². The second-order valence-corrected chi connectivity index (χ2v) is 7.67. The van der Waals surface area contributed by atoms with E-state index in [1.807, 2.05) is 6.07 Å². The van der Waals surface area contributed by atoms with Crippen LogP contribution >= 0.6 is 0 Å². The zero-order chi connectivity index (χ0) is 21.8. The van der Waals surface area contributed by atoms with Crippen LogP contribution in [0.5, 0.6) is 0 Å². The molecule has 1 N–H and O–H groups in total. The van der Waals surface area contributed by atoms with Crippen molar-refractivity contribution in [3.63, 3.8) is 0 Å². The van der Waals surface area contributed by atoms with Gasteiger partial charge in [-0.1, -0.05) is 24.3 Å². The first-order chi connectivity index (χ1) is 15.0. The number of para-hydroxylation sites is 2. The van der Waals surface area contributed by atoms with Crippen molar-refractivity contribution in [1.82, 2.24) is 19.8 Å². The van der Waals surface area contributed by atoms with Gasteiger partial charge in [-0.3, -0.25) is 19.0 Å². The smallest absolute Gasteiger partial charge is 0.269 e. The number of carbonyl (C=O) groups excluding carboxylic acids is 2. The van der Waals surface area contributed by atoms with Crippen molar-refractivity contribution in [1.29, 1.82) is 0 Å². The number of nitrogens with one attached hydrogen (secondary N) is 1. The molecule has 1 saturated heterocycles. The van der Waals surface area contributed by atoms with E-state index in [-0.39, 0.29) is 35.7 Å². The number of nitrogens with zero attached hydrogens (tertiary/aromatic N) is 3. The molecule has 160 valence electrons. The average molecular weight is 422 g/mol. The lowest BCUT2D eigenvalue weighted by molar-refractivity contribution is -0.136. The number of benzene rings is 2. The fourth-order valence-electron chi connectivity index (χ4n) is 3.84. The maximum atomic E-state index is 13.0. The van der Waals surface area contributed by atoms with Gasteiger partial charge >= 0.3 is 0 Å². The van der Waals surface area contributed by atoms with E-state index in [1.54, 1.807) is 35.2 Å². The number of fused-ring (bicyclic) bond motifs is 1. The van der Waals surface area contributed by atoms with Crippen LogP contribution in [0.2, 0.25) is 0 Å². The van der Waals surface area contributed by atoms with Crippen molar-refractivity contribution in [2.45, 2.75) is 25.9 Å². The molecule has 0 radical (unpaired) electrons. The highest BCUT2D eigenvalue weighted by atomic mass is 19.1. The highest BCUT2D eigenvalue weighted by Crippen LogP contribution is 2.18. The standard InChI is InChI=1S/C23H23FN4O3/c24-18-7-5-16(6-8-18)13-26-23(31)17-9-11-27(12-10-17)22(30)15-28-20-4-2-1-3-19(20)25-14-21(28)29/h1-8,14,17H,9-13,15H2,(H,26,31). The fourth-order valence-corrected chi connectivity index (χ4v) is 3.84. The van der Waals surface area contributed by atoms with Crippen LogP contribution < -0.4 is 10.9 Å². The molecule has 0 saturated carbocycles. The van der Waals surface area contributed by atoms with E-state index in [4.69, 9.17) is 0 Å². The van der Waals surface area contributed by atoms with Crippen LogP contribution in [0.25, 0.3) is 11.0 Å². The third-order valence-electron chi connectivity index (χ3n) is 5.64. The van der Waals surface area contributed by atoms with Crippen molar-refractivity contribution in [3.05, 3.63) is 76.5 Å². The van der Waals surface area contributed by atoms with E-state index in [2.05, 4.69) is 10.3 Å². The highest BCUT2D eigenvalue weighted by Gasteiger charge is 2.27. The largest absolute Gasteiger partial charge is 0.352 e. The van der Waals surface area contributed by atoms with Crippen LogP contribution in [0.3, 0.4) is 0 Å². The predicted octanol–water partition coefficient (Wildman–Crippen LogP) is 2.09. The summed E-state index contributed by atoms with van der Waals surface area (Å²) in [6.07, 6.45) is 2.35. The number of aromatic nitrogens is 2. The predicted molar refractivity (Wildman–Crippen MR) is 114 cm³/mol. The van der Waals surface area contributed by atoms with Gasteiger partial charge in [-0.25, -0.2) is 9.37 Å². The van der Waals surface area contributed by atoms with E-state index in [9.17, 15) is 18.8 Å². The Morgan fingerprint density at radius 3 is 2.52 bits per heavy atom. The Balaban J connectivity index is 1.32. The molecule has 4 rings (SSSR count). The Morgan fingerprint density at radius 2 is 1.77 bits per heavy atom. The maximum absolute atomic E-state index is 13.0. The van der Waals surface area contributed by atoms with E-state index in [0.717, 1.165) is 5.56 Å². The molecule has 2 aromatic carbocycles. The lowest BCUT2D eigenvalue weighted by Crippen LogP contribution is -2.44. The van der Waals surface area contributed by atoms with Crippen LogP contribution in [0.1, 0.15) is 18.4 Å². The van der Waals surface area contributed by atoms with Gasteiger partial charge in [0.15, 0.2) is 0 Å². The van der Waals surface area contributed by atoms with Crippen LogP contribution in [-0.2, 0) is 22.7 Å². The second-order valence-electron chi connectivity index (χ2n) is 7.67. The first-order valence-electron chi connectivity index (χ1n) is 10.3. The number of rotatable bonds is 5. The zero-order valence-corrected chi connectivity index (χ0v) is 17.0. The molecule has 0 aliphatic carbocycles. The van der Waals surface area contributed by atoms with Crippen molar-refractivity contribution >= 4 is 22.8 Å². The fraction of sp³-hybridized carbons (Fsp3) is 0.304. The molecule has 8 heteroatoms. The monoisotopic (exact) mass is 422 g/mol. The molecule has 0 bridgehead atoms. The summed E-state index contributed by atoms with van der Waals surface area (Å²) in [5.41, 5.74) is 1.80. The third-order valence-corrected chi connectivity index (χ3v) is 5.64. The van der Waals surface area contributed by atoms with Crippen LogP contribution in [0.4, 0.5) is 4.39 Å². The first kappa shape index (κ1) is 20.7. The highest BCUT2D eigenvalue weighted by molar-refractivity contribution is 5.81. The number of hydrogen-bond acceptors (Lipinski definition) is 4. The van der Waals surface area contributed by atoms with Gasteiger partial charge in [-0.05, 0) is 42.7 Å². The summed E-state index contributed by atoms with van der Waals surface area (Å²) < 4.78 is 14.4. The number of likely N-dealkylation sites (tertiary alicyclic amines) is 1. The van der Waals surface area contributed by atoms with E-state index in [0.29, 0.717) is 43.5 Å². The molecular formula is C23H23FN4O3. The Labute approximate surface area is 178 Å². The summed E-state index contributed by atoms with van der Waals surface area (Å²) in [6, 6.07) is 13.2. The zero-order valence-electron chi connectivity index (χ0n) is 17.0. The minimum absolute atomic E-state index is 0.0523. The molecular weight excluding hydrogens is 399 g/mol. The normalized spacial score (nSPS) is 14.5. The molecule has 1 aliphatic heterocycles. The van der Waals surface area contributed by atoms with Gasteiger partial charge in [-0.2, -0.15) is 0 Å². The van der Waals surface area contributed by atoms with Gasteiger partial charge in [-0.15, -0.1) is 0 Å². The lowest BCUT2D eigenvalue weighted by atomic mass is 9.95. The minimum Gasteiger partial charge on any atom is -0.352 e. The van der Waals surface area contributed by atoms with Crippen molar-refractivity contribution < 1.29 is 14.0 Å². The molecule has 2 amide bonds. The molecule has 0 unspecified atom stereocenters. The van der Waals surface area contributed by atoms with Crippen molar-refractivity contribution in [2.75, 3.05) is 13.1 Å². The molecule has 1 fully saturated rings. The lowest BCUT2D eigenvalue weighted by Gasteiger charge is -2.31. The van der Waals surface area contributed by atoms with E-state index < -0.39 is 0 Å². The molecule has 3 aromatic rings. The SMILES string of the molecule is O=C(NCc1ccc(F)cc1)C1CCN(C(=O)Cn2c(=O)cnc3ccccc32)CC1. The summed E-state index contributed by atoms with van der Waals surface area (Å²) in [5.74, 6) is -0.695. The molecule has 0 atom stereocenters. The quantitative estimate of drug-likeness (QED) is 0.683. The van der Waals surface area contributed by atoms with Gasteiger partial charge in [0.05, 0.1) is 17.2 Å². The Hall–Kier alpha value is -3.55. The summed E-state index contributed by atoms with van der Waals surface area (Å²) in [4.78, 5) is 43.3.